The number of rotatable bonds is 4. The monoisotopic (exact) mass is 209 g/mol. The van der Waals surface area contributed by atoms with Crippen molar-refractivity contribution in [3.05, 3.63) is 17.5 Å². The predicted molar refractivity (Wildman–Crippen MR) is 59.7 cm³/mol. The number of carbonyl (C=O) groups is 1. The number of aryl methyl sites for hydroxylation is 2. The van der Waals surface area contributed by atoms with Crippen LogP contribution in [0, 0.1) is 12.8 Å². The highest BCUT2D eigenvalue weighted by Crippen LogP contribution is 2.02. The summed E-state index contributed by atoms with van der Waals surface area (Å²) in [4.78, 5) is 11.7. The van der Waals surface area contributed by atoms with E-state index in [2.05, 4.69) is 24.3 Å². The smallest absolute Gasteiger partial charge is 0.269 e. The van der Waals surface area contributed by atoms with Crippen molar-refractivity contribution >= 4 is 5.91 Å². The number of nitrogens with zero attached hydrogens (tertiary/aromatic N) is 2. The first kappa shape index (κ1) is 11.8. The minimum Gasteiger partial charge on any atom is -0.351 e. The van der Waals surface area contributed by atoms with E-state index in [-0.39, 0.29) is 5.91 Å². The van der Waals surface area contributed by atoms with Crippen LogP contribution >= 0.6 is 0 Å². The van der Waals surface area contributed by atoms with Gasteiger partial charge in [-0.2, -0.15) is 5.10 Å². The van der Waals surface area contributed by atoms with Crippen molar-refractivity contribution in [3.63, 3.8) is 0 Å². The van der Waals surface area contributed by atoms with Gasteiger partial charge in [0, 0.05) is 13.6 Å². The van der Waals surface area contributed by atoms with Gasteiger partial charge >= 0.3 is 0 Å². The second-order valence-corrected chi connectivity index (χ2v) is 4.23. The Morgan fingerprint density at radius 1 is 1.60 bits per heavy atom. The lowest BCUT2D eigenvalue weighted by Gasteiger charge is -2.06. The van der Waals surface area contributed by atoms with Crippen molar-refractivity contribution in [1.29, 1.82) is 0 Å². The number of hydrogen-bond acceptors (Lipinski definition) is 2. The van der Waals surface area contributed by atoms with Gasteiger partial charge in [-0.25, -0.2) is 0 Å². The average Bonchev–Trinajstić information content (AvgIpc) is 2.44. The third-order valence-corrected chi connectivity index (χ3v) is 2.24. The van der Waals surface area contributed by atoms with Crippen LogP contribution in [0.5, 0.6) is 0 Å². The van der Waals surface area contributed by atoms with E-state index in [4.69, 9.17) is 0 Å². The van der Waals surface area contributed by atoms with Crippen LogP contribution in [0.1, 0.15) is 36.5 Å². The van der Waals surface area contributed by atoms with Gasteiger partial charge in [-0.1, -0.05) is 13.8 Å². The zero-order chi connectivity index (χ0) is 11.4. The minimum absolute atomic E-state index is 0.0428. The van der Waals surface area contributed by atoms with Crippen molar-refractivity contribution in [1.82, 2.24) is 15.1 Å². The van der Waals surface area contributed by atoms with E-state index in [9.17, 15) is 4.79 Å². The van der Waals surface area contributed by atoms with Crippen LogP contribution in [0.3, 0.4) is 0 Å². The summed E-state index contributed by atoms with van der Waals surface area (Å²) in [5, 5.41) is 7.02. The van der Waals surface area contributed by atoms with E-state index in [1.54, 1.807) is 17.8 Å². The largest absolute Gasteiger partial charge is 0.351 e. The Bertz CT molecular complexity index is 342. The maximum atomic E-state index is 11.7. The van der Waals surface area contributed by atoms with Gasteiger partial charge in [0.25, 0.3) is 5.91 Å². The molecule has 0 aliphatic carbocycles. The molecule has 84 valence electrons. The summed E-state index contributed by atoms with van der Waals surface area (Å²) in [7, 11) is 1.78. The first-order valence-electron chi connectivity index (χ1n) is 5.29. The third-order valence-electron chi connectivity index (χ3n) is 2.24. The van der Waals surface area contributed by atoms with Gasteiger partial charge in [-0.15, -0.1) is 0 Å². The molecule has 1 amide bonds. The Hall–Kier alpha value is -1.32. The molecule has 0 atom stereocenters. The Morgan fingerprint density at radius 3 is 2.73 bits per heavy atom. The van der Waals surface area contributed by atoms with Gasteiger partial charge in [-0.05, 0) is 25.3 Å². The molecule has 1 N–H and O–H groups in total. The molecule has 4 nitrogen and oxygen atoms in total. The Labute approximate surface area is 90.7 Å². The van der Waals surface area contributed by atoms with Crippen LogP contribution in [-0.2, 0) is 7.05 Å². The van der Waals surface area contributed by atoms with E-state index in [1.807, 2.05) is 6.92 Å². The second kappa shape index (κ2) is 4.96. The number of carbonyl (C=O) groups excluding carboxylic acids is 1. The lowest BCUT2D eigenvalue weighted by molar-refractivity contribution is 0.0942. The zero-order valence-electron chi connectivity index (χ0n) is 9.87. The molecular weight excluding hydrogens is 190 g/mol. The normalized spacial score (nSPS) is 10.7. The van der Waals surface area contributed by atoms with Gasteiger partial charge in [-0.3, -0.25) is 9.48 Å². The van der Waals surface area contributed by atoms with E-state index in [1.165, 1.54) is 0 Å². The summed E-state index contributed by atoms with van der Waals surface area (Å²) in [6, 6.07) is 1.80. The van der Waals surface area contributed by atoms with Crippen molar-refractivity contribution in [2.45, 2.75) is 27.2 Å². The van der Waals surface area contributed by atoms with E-state index in [0.717, 1.165) is 18.7 Å². The number of hydrogen-bond donors (Lipinski definition) is 1. The highest BCUT2D eigenvalue weighted by molar-refractivity contribution is 5.92. The number of nitrogens with one attached hydrogen (secondary N) is 1. The summed E-state index contributed by atoms with van der Waals surface area (Å²) in [5.74, 6) is 0.567. The molecule has 1 rings (SSSR count). The van der Waals surface area contributed by atoms with Crippen LogP contribution in [0.15, 0.2) is 6.07 Å². The fourth-order valence-electron chi connectivity index (χ4n) is 1.39. The molecule has 4 heteroatoms. The van der Waals surface area contributed by atoms with Gasteiger partial charge in [0.15, 0.2) is 0 Å². The fraction of sp³-hybridized carbons (Fsp3) is 0.636. The van der Waals surface area contributed by atoms with Crippen LogP contribution in [0.25, 0.3) is 0 Å². The first-order chi connectivity index (χ1) is 7.00. The van der Waals surface area contributed by atoms with Gasteiger partial charge in [0.1, 0.15) is 5.69 Å². The van der Waals surface area contributed by atoms with Gasteiger partial charge in [0.05, 0.1) is 5.69 Å². The van der Waals surface area contributed by atoms with Crippen LogP contribution in [0.2, 0.25) is 0 Å². The summed E-state index contributed by atoms with van der Waals surface area (Å²) in [6.45, 7) is 6.88. The minimum atomic E-state index is -0.0428. The SMILES string of the molecule is Cc1cc(C(=O)NCCC(C)C)n(C)n1. The van der Waals surface area contributed by atoms with E-state index < -0.39 is 0 Å². The molecule has 1 aromatic heterocycles. The summed E-state index contributed by atoms with van der Waals surface area (Å²) in [5.41, 5.74) is 1.49. The molecule has 1 heterocycles. The molecule has 0 fully saturated rings. The van der Waals surface area contributed by atoms with Gasteiger partial charge in [0.2, 0.25) is 0 Å². The maximum absolute atomic E-state index is 11.7. The molecule has 0 bridgehead atoms. The van der Waals surface area contributed by atoms with E-state index in [0.29, 0.717) is 11.6 Å². The molecule has 0 radical (unpaired) electrons. The topological polar surface area (TPSA) is 46.9 Å². The third kappa shape index (κ3) is 3.38. The summed E-state index contributed by atoms with van der Waals surface area (Å²) >= 11 is 0. The molecule has 0 aliphatic rings. The molecule has 0 saturated heterocycles. The molecule has 0 spiro atoms. The molecular formula is C11H19N3O. The summed E-state index contributed by atoms with van der Waals surface area (Å²) < 4.78 is 1.61. The Balaban J connectivity index is 2.50. The molecule has 1 aromatic rings. The molecule has 0 aromatic carbocycles. The second-order valence-electron chi connectivity index (χ2n) is 4.23. The fourth-order valence-corrected chi connectivity index (χ4v) is 1.39. The molecule has 15 heavy (non-hydrogen) atoms. The van der Waals surface area contributed by atoms with Crippen molar-refractivity contribution in [2.24, 2.45) is 13.0 Å². The Kier molecular flexibility index (Phi) is 3.88. The molecule has 0 saturated carbocycles. The quantitative estimate of drug-likeness (QED) is 0.817. The Morgan fingerprint density at radius 2 is 2.27 bits per heavy atom. The summed E-state index contributed by atoms with van der Waals surface area (Å²) in [6.07, 6.45) is 1.00. The standard InChI is InChI=1S/C11H19N3O/c1-8(2)5-6-12-11(15)10-7-9(3)13-14(10)4/h7-8H,5-6H2,1-4H3,(H,12,15). The van der Waals surface area contributed by atoms with Crippen LogP contribution in [-0.4, -0.2) is 22.2 Å². The predicted octanol–water partition coefficient (Wildman–Crippen LogP) is 1.50. The molecule has 0 unspecified atom stereocenters. The lowest BCUT2D eigenvalue weighted by Crippen LogP contribution is -2.27. The van der Waals surface area contributed by atoms with Crippen molar-refractivity contribution < 1.29 is 4.79 Å². The first-order valence-corrected chi connectivity index (χ1v) is 5.29. The lowest BCUT2D eigenvalue weighted by atomic mass is 10.1. The van der Waals surface area contributed by atoms with Crippen LogP contribution < -0.4 is 5.32 Å². The van der Waals surface area contributed by atoms with E-state index >= 15 is 0 Å². The zero-order valence-corrected chi connectivity index (χ0v) is 9.87. The highest BCUT2D eigenvalue weighted by atomic mass is 16.2. The maximum Gasteiger partial charge on any atom is 0.269 e. The van der Waals surface area contributed by atoms with Crippen molar-refractivity contribution in [3.8, 4) is 0 Å². The highest BCUT2D eigenvalue weighted by Gasteiger charge is 2.10. The van der Waals surface area contributed by atoms with Crippen LogP contribution in [0.4, 0.5) is 0 Å². The number of aromatic nitrogens is 2. The van der Waals surface area contributed by atoms with Gasteiger partial charge < -0.3 is 5.32 Å². The average molecular weight is 209 g/mol. The number of amides is 1. The molecule has 0 aliphatic heterocycles. The van der Waals surface area contributed by atoms with Crippen molar-refractivity contribution in [2.75, 3.05) is 6.54 Å².